The topological polar surface area (TPSA) is 115 Å². The number of nitrogens with one attached hydrogen (secondary N) is 1. The minimum Gasteiger partial charge on any atom is -0.393 e. The van der Waals surface area contributed by atoms with Crippen molar-refractivity contribution in [1.82, 2.24) is 5.32 Å². The first-order valence-electron chi connectivity index (χ1n) is 13.8. The number of hydrogen-bond acceptors (Lipinski definition) is 7. The molecule has 0 amide bonds. The number of nitrogens with zero attached hydrogens (tertiary/aromatic N) is 1. The summed E-state index contributed by atoms with van der Waals surface area (Å²) in [5.41, 5.74) is -0.110. The maximum Gasteiger partial charge on any atom is 0.304 e. The fourth-order valence-electron chi connectivity index (χ4n) is 9.88. The van der Waals surface area contributed by atoms with Crippen LogP contribution in [0.2, 0.25) is 0 Å². The molecule has 5 N–H and O–H groups in total. The Morgan fingerprint density at radius 2 is 1.82 bits per heavy atom. The van der Waals surface area contributed by atoms with Gasteiger partial charge in [-0.3, -0.25) is 0 Å². The van der Waals surface area contributed by atoms with E-state index in [-0.39, 0.29) is 41.0 Å². The molecule has 7 nitrogen and oxygen atoms in total. The first kappa shape index (κ1) is 24.8. The molecule has 4 saturated carbocycles. The number of aliphatic hydroxyl groups is 4. The predicted molar refractivity (Wildman–Crippen MR) is 129 cm³/mol. The predicted octanol–water partition coefficient (Wildman–Crippen LogP) is 3.21. The lowest BCUT2D eigenvalue weighted by molar-refractivity contribution is -0.228. The summed E-state index contributed by atoms with van der Waals surface area (Å²) in [5, 5.41) is 50.3. The number of oxime groups is 1. The van der Waals surface area contributed by atoms with Crippen molar-refractivity contribution in [2.45, 2.75) is 110 Å². The third-order valence-electron chi connectivity index (χ3n) is 11.6. The summed E-state index contributed by atoms with van der Waals surface area (Å²) in [6.07, 6.45) is 6.16. The molecule has 194 valence electrons. The van der Waals surface area contributed by atoms with Gasteiger partial charge >= 0.3 is 6.41 Å². The molecule has 0 aromatic carbocycles. The fourth-order valence-corrected chi connectivity index (χ4v) is 9.88. The first-order chi connectivity index (χ1) is 16.1. The summed E-state index contributed by atoms with van der Waals surface area (Å²) in [6, 6.07) is 0. The average Bonchev–Trinajstić information content (AvgIpc) is 3.38. The van der Waals surface area contributed by atoms with E-state index in [4.69, 9.17) is 4.84 Å². The molecule has 4 aliphatic carbocycles. The number of fused-ring (bicyclic) bond motifs is 5. The minimum atomic E-state index is -1.04. The van der Waals surface area contributed by atoms with E-state index in [0.717, 1.165) is 57.8 Å². The summed E-state index contributed by atoms with van der Waals surface area (Å²) in [4.78, 5) is 4.85. The molecule has 0 spiro atoms. The molecule has 3 unspecified atom stereocenters. The van der Waals surface area contributed by atoms with Gasteiger partial charge in [0.2, 0.25) is 0 Å². The molecule has 7 heteroatoms. The SMILES string of the molecule is CC[C@H]1[C@@H](O)[C@H]2C3CC[C@H]([C@H](C)CCC4=NOC(O)N4)[C@@]3(C)[C@@H](O)CC2[C@@]2(C)CC[C@@H](O)C[C@@H]12. The molecule has 0 saturated heterocycles. The van der Waals surface area contributed by atoms with Gasteiger partial charge in [-0.05, 0) is 97.2 Å². The highest BCUT2D eigenvalue weighted by Crippen LogP contribution is 2.69. The smallest absolute Gasteiger partial charge is 0.304 e. The summed E-state index contributed by atoms with van der Waals surface area (Å²) >= 11 is 0. The zero-order chi connectivity index (χ0) is 24.4. The van der Waals surface area contributed by atoms with Crippen molar-refractivity contribution in [3.05, 3.63) is 0 Å². The lowest BCUT2D eigenvalue weighted by Crippen LogP contribution is -2.65. The largest absolute Gasteiger partial charge is 0.393 e. The van der Waals surface area contributed by atoms with Gasteiger partial charge in [0.05, 0.1) is 18.3 Å². The second-order valence-corrected chi connectivity index (χ2v) is 12.9. The van der Waals surface area contributed by atoms with Crippen LogP contribution in [0.4, 0.5) is 0 Å². The lowest BCUT2D eigenvalue weighted by Gasteiger charge is -2.65. The van der Waals surface area contributed by atoms with Crippen molar-refractivity contribution < 1.29 is 25.3 Å². The van der Waals surface area contributed by atoms with Gasteiger partial charge in [0, 0.05) is 6.42 Å². The third kappa shape index (κ3) is 3.63. The normalized spacial score (nSPS) is 53.1. The van der Waals surface area contributed by atoms with Crippen molar-refractivity contribution in [3.63, 3.8) is 0 Å². The molecule has 5 rings (SSSR count). The van der Waals surface area contributed by atoms with Crippen molar-refractivity contribution in [3.8, 4) is 0 Å². The molecule has 4 fully saturated rings. The van der Waals surface area contributed by atoms with Gasteiger partial charge in [0.1, 0.15) is 5.84 Å². The van der Waals surface area contributed by atoms with E-state index >= 15 is 0 Å². The van der Waals surface area contributed by atoms with E-state index in [1.165, 1.54) is 0 Å². The lowest BCUT2D eigenvalue weighted by atomic mass is 9.41. The highest BCUT2D eigenvalue weighted by molar-refractivity contribution is 5.82. The molecule has 5 aliphatic rings. The maximum absolute atomic E-state index is 11.8. The van der Waals surface area contributed by atoms with Crippen LogP contribution in [0.3, 0.4) is 0 Å². The van der Waals surface area contributed by atoms with Gasteiger partial charge in [0.25, 0.3) is 0 Å². The Bertz CT molecular complexity index is 793. The van der Waals surface area contributed by atoms with Gasteiger partial charge < -0.3 is 30.6 Å². The number of hydrogen-bond donors (Lipinski definition) is 5. The molecular weight excluding hydrogens is 432 g/mol. The Balaban J connectivity index is 1.39. The number of aliphatic hydroxyl groups excluding tert-OH is 4. The van der Waals surface area contributed by atoms with Gasteiger partial charge in [0.15, 0.2) is 0 Å². The van der Waals surface area contributed by atoms with Crippen LogP contribution in [0, 0.1) is 52.3 Å². The van der Waals surface area contributed by atoms with Gasteiger partial charge in [-0.2, -0.15) is 0 Å². The summed E-state index contributed by atoms with van der Waals surface area (Å²) in [7, 11) is 0. The summed E-state index contributed by atoms with van der Waals surface area (Å²) < 4.78 is 0. The van der Waals surface area contributed by atoms with Gasteiger partial charge in [-0.25, -0.2) is 0 Å². The van der Waals surface area contributed by atoms with Crippen molar-refractivity contribution in [2.75, 3.05) is 0 Å². The molecular formula is C27H46N2O5. The van der Waals surface area contributed by atoms with E-state index in [1.807, 2.05) is 0 Å². The highest BCUT2D eigenvalue weighted by atomic mass is 16.7. The molecule has 0 aromatic rings. The Morgan fingerprint density at radius 1 is 1.06 bits per heavy atom. The number of amidine groups is 1. The van der Waals surface area contributed by atoms with Crippen molar-refractivity contribution in [2.24, 2.45) is 57.4 Å². The Morgan fingerprint density at radius 3 is 2.50 bits per heavy atom. The molecule has 1 aliphatic heterocycles. The second kappa shape index (κ2) is 8.89. The van der Waals surface area contributed by atoms with E-state index < -0.39 is 6.41 Å². The quantitative estimate of drug-likeness (QED) is 0.415. The van der Waals surface area contributed by atoms with Crippen LogP contribution in [0.25, 0.3) is 0 Å². The average molecular weight is 479 g/mol. The summed E-state index contributed by atoms with van der Waals surface area (Å²) in [5.74, 6) is 2.94. The van der Waals surface area contributed by atoms with Crippen molar-refractivity contribution >= 4 is 5.84 Å². The fraction of sp³-hybridized carbons (Fsp3) is 0.963. The second-order valence-electron chi connectivity index (χ2n) is 12.9. The molecule has 34 heavy (non-hydrogen) atoms. The Kier molecular flexibility index (Phi) is 6.48. The van der Waals surface area contributed by atoms with Crippen LogP contribution >= 0.6 is 0 Å². The van der Waals surface area contributed by atoms with Gasteiger partial charge in [-0.1, -0.05) is 39.3 Å². The minimum absolute atomic E-state index is 0.0862. The van der Waals surface area contributed by atoms with Crippen molar-refractivity contribution in [1.29, 1.82) is 0 Å². The van der Waals surface area contributed by atoms with Crippen LogP contribution in [0.5, 0.6) is 0 Å². The van der Waals surface area contributed by atoms with Crippen LogP contribution in [-0.2, 0) is 4.84 Å². The van der Waals surface area contributed by atoms with E-state index in [1.54, 1.807) is 0 Å². The zero-order valence-electron chi connectivity index (χ0n) is 21.4. The monoisotopic (exact) mass is 478 g/mol. The van der Waals surface area contributed by atoms with E-state index in [9.17, 15) is 20.4 Å². The molecule has 1 heterocycles. The highest BCUT2D eigenvalue weighted by Gasteiger charge is 2.67. The van der Waals surface area contributed by atoms with Crippen LogP contribution in [0.15, 0.2) is 5.16 Å². The molecule has 0 radical (unpaired) electrons. The third-order valence-corrected chi connectivity index (χ3v) is 11.6. The Hall–Kier alpha value is -0.890. The van der Waals surface area contributed by atoms with Crippen LogP contribution < -0.4 is 5.32 Å². The summed E-state index contributed by atoms with van der Waals surface area (Å²) in [6.45, 7) is 9.20. The molecule has 0 aromatic heterocycles. The zero-order valence-corrected chi connectivity index (χ0v) is 21.4. The standard InChI is InChI=1S/C27H46N2O5/c1-5-16-19-12-15(30)10-11-26(19,3)20-13-21(31)27(4)17(7-8-18(27)23(20)24(16)32)14(2)6-9-22-28-25(33)34-29-22/h14-21,23-25,30-33H,5-13H2,1-4H3,(H,28,29)/t14-,15-,16-,17-,18?,19+,20?,21+,23+,24-,25?,26+,27-/m1/s1. The van der Waals surface area contributed by atoms with Gasteiger partial charge in [-0.15, -0.1) is 0 Å². The van der Waals surface area contributed by atoms with E-state index in [2.05, 4.69) is 38.2 Å². The molecule has 13 atom stereocenters. The van der Waals surface area contributed by atoms with Crippen LogP contribution in [0.1, 0.15) is 85.5 Å². The molecule has 0 bridgehead atoms. The van der Waals surface area contributed by atoms with Crippen LogP contribution in [-0.4, -0.2) is 51.0 Å². The van der Waals surface area contributed by atoms with E-state index in [0.29, 0.717) is 35.4 Å². The number of rotatable bonds is 5. The Labute approximate surface area is 204 Å². The maximum atomic E-state index is 11.8. The first-order valence-corrected chi connectivity index (χ1v) is 13.8.